The van der Waals surface area contributed by atoms with E-state index in [-0.39, 0.29) is 0 Å². The molecule has 0 spiro atoms. The topological polar surface area (TPSA) is 14.1 Å². The Kier molecular flexibility index (Phi) is 3.77. The Morgan fingerprint density at radius 1 is 0.875 bits per heavy atom. The van der Waals surface area contributed by atoms with E-state index in [0.29, 0.717) is 24.7 Å². The van der Waals surface area contributed by atoms with Gasteiger partial charge in [0.05, 0.1) is 5.92 Å². The van der Waals surface area contributed by atoms with E-state index in [4.69, 9.17) is 0 Å². The van der Waals surface area contributed by atoms with Crippen LogP contribution in [0.4, 0.5) is 13.2 Å². The van der Waals surface area contributed by atoms with Gasteiger partial charge in [-0.25, -0.2) is 5.32 Å². The highest BCUT2D eigenvalue weighted by Gasteiger charge is 2.43. The molecule has 0 bridgehead atoms. The molecule has 2 fully saturated rings. The van der Waals surface area contributed by atoms with E-state index in [2.05, 4.69) is 5.32 Å². The number of nitrogens with zero attached hydrogens (tertiary/aromatic N) is 1. The van der Waals surface area contributed by atoms with Crippen LogP contribution in [0.5, 0.6) is 0 Å². The summed E-state index contributed by atoms with van der Waals surface area (Å²) in [7, 11) is 0. The molecule has 1 heterocycles. The number of hydrogen-bond donors (Lipinski definition) is 0. The molecule has 1 saturated heterocycles. The molecule has 1 aliphatic heterocycles. The van der Waals surface area contributed by atoms with Gasteiger partial charge in [0.2, 0.25) is 0 Å². The third-order valence-corrected chi connectivity index (χ3v) is 4.16. The minimum atomic E-state index is -3.97. The molecule has 0 amide bonds. The van der Waals surface area contributed by atoms with Crippen molar-refractivity contribution in [2.45, 2.75) is 44.7 Å². The highest BCUT2D eigenvalue weighted by Crippen LogP contribution is 2.43. The third kappa shape index (κ3) is 2.90. The zero-order chi connectivity index (χ0) is 11.6. The Bertz CT molecular complexity index is 221. The number of piperidine rings is 1. The summed E-state index contributed by atoms with van der Waals surface area (Å²) in [6, 6.07) is 0. The van der Waals surface area contributed by atoms with Crippen LogP contribution in [0.3, 0.4) is 0 Å². The molecule has 0 N–H and O–H groups in total. The zero-order valence-electron chi connectivity index (χ0n) is 9.47. The van der Waals surface area contributed by atoms with E-state index in [0.717, 1.165) is 38.8 Å². The summed E-state index contributed by atoms with van der Waals surface area (Å²) in [5.41, 5.74) is 0. The van der Waals surface area contributed by atoms with Crippen molar-refractivity contribution in [3.63, 3.8) is 0 Å². The van der Waals surface area contributed by atoms with E-state index in [1.807, 2.05) is 0 Å². The second-order valence-corrected chi connectivity index (χ2v) is 5.17. The first-order valence-electron chi connectivity index (χ1n) is 6.27. The number of hydrogen-bond acceptors (Lipinski definition) is 0. The van der Waals surface area contributed by atoms with Crippen molar-refractivity contribution in [2.24, 2.45) is 17.8 Å². The lowest BCUT2D eigenvalue weighted by Crippen LogP contribution is -2.34. The molecule has 1 radical (unpaired) electrons. The van der Waals surface area contributed by atoms with E-state index in [1.165, 1.54) is 0 Å². The molecule has 2 aliphatic rings. The largest absolute Gasteiger partial charge is 0.391 e. The molecule has 2 rings (SSSR count). The van der Waals surface area contributed by atoms with Gasteiger partial charge in [-0.05, 0) is 37.5 Å². The summed E-state index contributed by atoms with van der Waals surface area (Å²) >= 11 is 0. The van der Waals surface area contributed by atoms with Crippen molar-refractivity contribution >= 4 is 0 Å². The van der Waals surface area contributed by atoms with Gasteiger partial charge in [0.1, 0.15) is 0 Å². The van der Waals surface area contributed by atoms with Crippen LogP contribution in [-0.4, -0.2) is 19.3 Å². The summed E-state index contributed by atoms with van der Waals surface area (Å²) in [5, 5.41) is 4.27. The average Bonchev–Trinajstić information content (AvgIpc) is 2.29. The SMILES string of the molecule is FC(F)(F)C1CCCC(C2CC[N]CC2)C1. The van der Waals surface area contributed by atoms with Crippen LogP contribution < -0.4 is 5.32 Å². The van der Waals surface area contributed by atoms with Crippen molar-refractivity contribution < 1.29 is 13.2 Å². The van der Waals surface area contributed by atoms with Crippen LogP contribution in [0.25, 0.3) is 0 Å². The molecular formula is C12H19F3N. The molecule has 2 unspecified atom stereocenters. The van der Waals surface area contributed by atoms with Gasteiger partial charge in [0.25, 0.3) is 0 Å². The van der Waals surface area contributed by atoms with Crippen LogP contribution in [0.1, 0.15) is 38.5 Å². The maximum Gasteiger partial charge on any atom is 0.391 e. The smallest absolute Gasteiger partial charge is 0.242 e. The lowest BCUT2D eigenvalue weighted by atomic mass is 9.72. The number of alkyl halides is 3. The maximum atomic E-state index is 12.7. The first-order chi connectivity index (χ1) is 7.57. The Hall–Kier alpha value is -0.250. The Balaban J connectivity index is 1.90. The van der Waals surface area contributed by atoms with Crippen LogP contribution in [0.15, 0.2) is 0 Å². The van der Waals surface area contributed by atoms with Gasteiger partial charge in [0, 0.05) is 13.1 Å². The Morgan fingerprint density at radius 2 is 1.56 bits per heavy atom. The third-order valence-electron chi connectivity index (χ3n) is 4.16. The van der Waals surface area contributed by atoms with Crippen LogP contribution in [0, 0.1) is 17.8 Å². The van der Waals surface area contributed by atoms with Gasteiger partial charge in [-0.15, -0.1) is 0 Å². The fraction of sp³-hybridized carbons (Fsp3) is 1.00. The van der Waals surface area contributed by atoms with Crippen molar-refractivity contribution in [3.05, 3.63) is 0 Å². The van der Waals surface area contributed by atoms with Gasteiger partial charge >= 0.3 is 6.18 Å². The monoisotopic (exact) mass is 234 g/mol. The second kappa shape index (κ2) is 4.94. The van der Waals surface area contributed by atoms with Crippen LogP contribution >= 0.6 is 0 Å². The number of rotatable bonds is 1. The van der Waals surface area contributed by atoms with Gasteiger partial charge in [-0.3, -0.25) is 0 Å². The van der Waals surface area contributed by atoms with Gasteiger partial charge < -0.3 is 0 Å². The lowest BCUT2D eigenvalue weighted by molar-refractivity contribution is -0.187. The van der Waals surface area contributed by atoms with E-state index in [1.54, 1.807) is 0 Å². The summed E-state index contributed by atoms with van der Waals surface area (Å²) in [4.78, 5) is 0. The molecule has 4 heteroatoms. The number of halogens is 3. The lowest BCUT2D eigenvalue weighted by Gasteiger charge is -2.36. The van der Waals surface area contributed by atoms with E-state index >= 15 is 0 Å². The second-order valence-electron chi connectivity index (χ2n) is 5.17. The fourth-order valence-electron chi connectivity index (χ4n) is 3.19. The molecule has 1 aliphatic carbocycles. The van der Waals surface area contributed by atoms with Crippen LogP contribution in [0.2, 0.25) is 0 Å². The maximum absolute atomic E-state index is 12.7. The van der Waals surface area contributed by atoms with Crippen molar-refractivity contribution in [1.82, 2.24) is 5.32 Å². The van der Waals surface area contributed by atoms with Gasteiger partial charge in [0.15, 0.2) is 0 Å². The van der Waals surface area contributed by atoms with Crippen LogP contribution in [-0.2, 0) is 0 Å². The summed E-state index contributed by atoms with van der Waals surface area (Å²) < 4.78 is 38.0. The molecule has 93 valence electrons. The molecule has 2 atom stereocenters. The highest BCUT2D eigenvalue weighted by molar-refractivity contribution is 4.83. The molecule has 0 aromatic rings. The highest BCUT2D eigenvalue weighted by atomic mass is 19.4. The van der Waals surface area contributed by atoms with E-state index < -0.39 is 12.1 Å². The molecule has 1 saturated carbocycles. The summed E-state index contributed by atoms with van der Waals surface area (Å²) in [5.74, 6) is -0.233. The zero-order valence-corrected chi connectivity index (χ0v) is 9.47. The molecule has 0 aromatic carbocycles. The summed E-state index contributed by atoms with van der Waals surface area (Å²) in [6.07, 6.45) is 0.507. The first kappa shape index (κ1) is 12.2. The first-order valence-corrected chi connectivity index (χ1v) is 6.27. The predicted molar refractivity (Wildman–Crippen MR) is 56.1 cm³/mol. The van der Waals surface area contributed by atoms with E-state index in [9.17, 15) is 13.2 Å². The average molecular weight is 234 g/mol. The van der Waals surface area contributed by atoms with Gasteiger partial charge in [-0.1, -0.05) is 12.8 Å². The van der Waals surface area contributed by atoms with Crippen molar-refractivity contribution in [1.29, 1.82) is 0 Å². The molecular weight excluding hydrogens is 215 g/mol. The minimum absolute atomic E-state index is 0.302. The molecule has 1 nitrogen and oxygen atoms in total. The predicted octanol–water partition coefficient (Wildman–Crippen LogP) is 3.37. The quantitative estimate of drug-likeness (QED) is 0.660. The fourth-order valence-corrected chi connectivity index (χ4v) is 3.19. The molecule has 16 heavy (non-hydrogen) atoms. The van der Waals surface area contributed by atoms with Gasteiger partial charge in [-0.2, -0.15) is 13.2 Å². The minimum Gasteiger partial charge on any atom is -0.242 e. The normalized spacial score (nSPS) is 33.9. The molecule has 0 aromatic heterocycles. The Labute approximate surface area is 94.8 Å². The standard InChI is InChI=1S/C12H19F3N/c13-12(14,15)11-3-1-2-10(8-11)9-4-6-16-7-5-9/h9-11H,1-8H2. The van der Waals surface area contributed by atoms with Crippen molar-refractivity contribution in [3.8, 4) is 0 Å². The Morgan fingerprint density at radius 3 is 2.19 bits per heavy atom. The summed E-state index contributed by atoms with van der Waals surface area (Å²) in [6.45, 7) is 1.72. The van der Waals surface area contributed by atoms with Crippen molar-refractivity contribution in [2.75, 3.05) is 13.1 Å².